The van der Waals surface area contributed by atoms with Crippen molar-refractivity contribution in [1.82, 2.24) is 5.32 Å². The molecule has 0 spiro atoms. The van der Waals surface area contributed by atoms with Gasteiger partial charge in [-0.1, -0.05) is 11.6 Å². The molecule has 0 unspecified atom stereocenters. The maximum absolute atomic E-state index is 11.8. The zero-order valence-electron chi connectivity index (χ0n) is 9.18. The highest BCUT2D eigenvalue weighted by atomic mass is 35.5. The molecule has 1 amide bonds. The number of amides is 1. The number of carbonyl (C=O) groups excluding carboxylic acids is 1. The lowest BCUT2D eigenvalue weighted by molar-refractivity contribution is -0.118. The van der Waals surface area contributed by atoms with Crippen molar-refractivity contribution in [3.8, 4) is 6.07 Å². The van der Waals surface area contributed by atoms with Gasteiger partial charge in [-0.05, 0) is 18.2 Å². The fourth-order valence-electron chi connectivity index (χ4n) is 1.15. The summed E-state index contributed by atoms with van der Waals surface area (Å²) in [6.45, 7) is -0.239. The maximum Gasteiger partial charge on any atom is 0.236 e. The lowest BCUT2D eigenvalue weighted by Crippen LogP contribution is -2.30. The van der Waals surface area contributed by atoms with Crippen molar-refractivity contribution in [3.05, 3.63) is 23.2 Å². The maximum atomic E-state index is 11.8. The molecule has 6 nitrogen and oxygen atoms in total. The van der Waals surface area contributed by atoms with E-state index in [4.69, 9.17) is 22.6 Å². The van der Waals surface area contributed by atoms with E-state index >= 15 is 0 Å². The molecule has 1 rings (SSSR count). The molecule has 1 aromatic carbocycles. The van der Waals surface area contributed by atoms with Crippen molar-refractivity contribution in [2.75, 3.05) is 18.0 Å². The summed E-state index contributed by atoms with van der Waals surface area (Å²) in [5, 5.41) is 10.5. The Morgan fingerprint density at radius 2 is 2.17 bits per heavy atom. The van der Waals surface area contributed by atoms with Gasteiger partial charge in [0.15, 0.2) is 9.84 Å². The molecule has 3 N–H and O–H groups in total. The molecule has 0 aliphatic carbocycles. The first-order chi connectivity index (χ1) is 8.36. The molecular weight excluding hydrogens is 278 g/mol. The van der Waals surface area contributed by atoms with Crippen LogP contribution in [-0.2, 0) is 14.6 Å². The molecule has 0 aliphatic rings. The van der Waals surface area contributed by atoms with Crippen LogP contribution in [-0.4, -0.2) is 26.6 Å². The summed E-state index contributed by atoms with van der Waals surface area (Å²) in [5.41, 5.74) is 5.71. The number of nitrogens with zero attached hydrogens (tertiary/aromatic N) is 1. The van der Waals surface area contributed by atoms with Crippen molar-refractivity contribution in [1.29, 1.82) is 5.26 Å². The highest BCUT2D eigenvalue weighted by molar-refractivity contribution is 7.92. The van der Waals surface area contributed by atoms with E-state index < -0.39 is 21.5 Å². The topological polar surface area (TPSA) is 113 Å². The van der Waals surface area contributed by atoms with Gasteiger partial charge in [-0.2, -0.15) is 5.26 Å². The molecule has 0 fully saturated rings. The summed E-state index contributed by atoms with van der Waals surface area (Å²) in [4.78, 5) is 11.2. The first kappa shape index (κ1) is 14.3. The molecular formula is C10H10ClN3O3S. The number of halogens is 1. The van der Waals surface area contributed by atoms with Crippen LogP contribution in [0.1, 0.15) is 0 Å². The third-order valence-electron chi connectivity index (χ3n) is 2.02. The normalized spacial score (nSPS) is 10.7. The standard InChI is InChI=1S/C10H10ClN3O3S/c11-8-5-7(1-2-9(8)13)18(16,17)6-10(15)14-4-3-12/h1-2,5H,4,6,13H2,(H,14,15). The number of nitriles is 1. The van der Waals surface area contributed by atoms with E-state index in [1.807, 2.05) is 0 Å². The van der Waals surface area contributed by atoms with E-state index in [2.05, 4.69) is 5.32 Å². The summed E-state index contributed by atoms with van der Waals surface area (Å²) in [5.74, 6) is -1.49. The number of nitrogen functional groups attached to an aromatic ring is 1. The van der Waals surface area contributed by atoms with Gasteiger partial charge in [-0.25, -0.2) is 8.42 Å². The molecule has 0 aliphatic heterocycles. The van der Waals surface area contributed by atoms with Crippen LogP contribution in [0.4, 0.5) is 5.69 Å². The first-order valence-electron chi connectivity index (χ1n) is 4.78. The van der Waals surface area contributed by atoms with Crippen molar-refractivity contribution >= 4 is 33.0 Å². The van der Waals surface area contributed by atoms with Crippen LogP contribution in [0.3, 0.4) is 0 Å². The second kappa shape index (κ2) is 5.71. The van der Waals surface area contributed by atoms with Gasteiger partial charge in [-0.15, -0.1) is 0 Å². The Hall–Kier alpha value is -1.78. The van der Waals surface area contributed by atoms with E-state index in [9.17, 15) is 13.2 Å². The van der Waals surface area contributed by atoms with Gasteiger partial charge in [-0.3, -0.25) is 4.79 Å². The number of nitrogens with two attached hydrogens (primary N) is 1. The Balaban J connectivity index is 2.90. The lowest BCUT2D eigenvalue weighted by Gasteiger charge is -2.05. The Morgan fingerprint density at radius 3 is 2.72 bits per heavy atom. The average Bonchev–Trinajstić information content (AvgIpc) is 2.29. The summed E-state index contributed by atoms with van der Waals surface area (Å²) < 4.78 is 23.7. The Bertz CT molecular complexity index is 607. The highest BCUT2D eigenvalue weighted by Crippen LogP contribution is 2.23. The van der Waals surface area contributed by atoms with Crippen LogP contribution < -0.4 is 11.1 Å². The molecule has 0 saturated carbocycles. The summed E-state index contributed by atoms with van der Waals surface area (Å²) in [6, 6.07) is 5.48. The lowest BCUT2D eigenvalue weighted by atomic mass is 10.3. The number of hydrogen-bond acceptors (Lipinski definition) is 5. The van der Waals surface area contributed by atoms with Crippen LogP contribution in [0.15, 0.2) is 23.1 Å². The molecule has 1 aromatic rings. The molecule has 0 atom stereocenters. The number of nitrogens with one attached hydrogen (secondary N) is 1. The predicted molar refractivity (Wildman–Crippen MR) is 66.5 cm³/mol. The van der Waals surface area contributed by atoms with Crippen LogP contribution >= 0.6 is 11.6 Å². The Morgan fingerprint density at radius 1 is 1.50 bits per heavy atom. The zero-order chi connectivity index (χ0) is 13.8. The number of benzene rings is 1. The summed E-state index contributed by atoms with van der Waals surface area (Å²) in [7, 11) is -3.79. The van der Waals surface area contributed by atoms with E-state index in [1.54, 1.807) is 6.07 Å². The second-order valence-corrected chi connectivity index (χ2v) is 5.77. The predicted octanol–water partition coefficient (Wildman–Crippen LogP) is 0.336. The van der Waals surface area contributed by atoms with Gasteiger partial charge in [0, 0.05) is 0 Å². The number of sulfone groups is 1. The quantitative estimate of drug-likeness (QED) is 0.612. The van der Waals surface area contributed by atoms with Crippen LogP contribution in [0.5, 0.6) is 0 Å². The van der Waals surface area contributed by atoms with Crippen LogP contribution in [0.25, 0.3) is 0 Å². The third kappa shape index (κ3) is 3.61. The fraction of sp³-hybridized carbons (Fsp3) is 0.200. The van der Waals surface area contributed by atoms with Crippen molar-refractivity contribution in [2.45, 2.75) is 4.90 Å². The average molecular weight is 288 g/mol. The minimum atomic E-state index is -3.79. The summed E-state index contributed by atoms with van der Waals surface area (Å²) in [6.07, 6.45) is 0. The number of carbonyl (C=O) groups is 1. The highest BCUT2D eigenvalue weighted by Gasteiger charge is 2.19. The minimum Gasteiger partial charge on any atom is -0.398 e. The van der Waals surface area contributed by atoms with Crippen molar-refractivity contribution in [3.63, 3.8) is 0 Å². The smallest absolute Gasteiger partial charge is 0.236 e. The monoisotopic (exact) mass is 287 g/mol. The van der Waals surface area contributed by atoms with Crippen molar-refractivity contribution in [2.24, 2.45) is 0 Å². The molecule has 96 valence electrons. The summed E-state index contributed by atoms with van der Waals surface area (Å²) >= 11 is 5.71. The van der Waals surface area contributed by atoms with Crippen LogP contribution in [0.2, 0.25) is 5.02 Å². The van der Waals surface area contributed by atoms with E-state index in [0.29, 0.717) is 0 Å². The van der Waals surface area contributed by atoms with Gasteiger partial charge in [0.05, 0.1) is 21.7 Å². The molecule has 0 bridgehead atoms. The van der Waals surface area contributed by atoms with Gasteiger partial charge in [0.1, 0.15) is 12.3 Å². The number of hydrogen-bond donors (Lipinski definition) is 2. The largest absolute Gasteiger partial charge is 0.398 e. The minimum absolute atomic E-state index is 0.0891. The zero-order valence-corrected chi connectivity index (χ0v) is 10.8. The van der Waals surface area contributed by atoms with E-state index in [-0.39, 0.29) is 22.2 Å². The fourth-order valence-corrected chi connectivity index (χ4v) is 2.58. The number of rotatable bonds is 4. The molecule has 18 heavy (non-hydrogen) atoms. The van der Waals surface area contributed by atoms with Crippen molar-refractivity contribution < 1.29 is 13.2 Å². The van der Waals surface area contributed by atoms with Gasteiger partial charge >= 0.3 is 0 Å². The second-order valence-electron chi connectivity index (χ2n) is 3.38. The van der Waals surface area contributed by atoms with Gasteiger partial charge in [0.25, 0.3) is 0 Å². The molecule has 0 saturated heterocycles. The molecule has 0 aromatic heterocycles. The SMILES string of the molecule is N#CCNC(=O)CS(=O)(=O)c1ccc(N)c(Cl)c1. The molecule has 0 heterocycles. The number of anilines is 1. The molecule has 0 radical (unpaired) electrons. The third-order valence-corrected chi connectivity index (χ3v) is 3.96. The van der Waals surface area contributed by atoms with Crippen LogP contribution in [0, 0.1) is 11.3 Å². The van der Waals surface area contributed by atoms with Gasteiger partial charge in [0.2, 0.25) is 5.91 Å². The van der Waals surface area contributed by atoms with E-state index in [0.717, 1.165) is 0 Å². The Labute approximate surface area is 109 Å². The molecule has 8 heteroatoms. The van der Waals surface area contributed by atoms with Gasteiger partial charge < -0.3 is 11.1 Å². The van der Waals surface area contributed by atoms with E-state index in [1.165, 1.54) is 18.2 Å². The Kier molecular flexibility index (Phi) is 4.53. The first-order valence-corrected chi connectivity index (χ1v) is 6.81.